The van der Waals surface area contributed by atoms with Crippen LogP contribution >= 0.6 is 11.6 Å². The fourth-order valence-corrected chi connectivity index (χ4v) is 2.03. The van der Waals surface area contributed by atoms with E-state index in [1.54, 1.807) is 6.07 Å². The molecule has 17 heavy (non-hydrogen) atoms. The molecular formula is C14H10ClFO. The molecule has 1 nitrogen and oxygen atoms in total. The Hall–Kier alpha value is -1.67. The van der Waals surface area contributed by atoms with Crippen LogP contribution in [0.15, 0.2) is 48.5 Å². The lowest BCUT2D eigenvalue weighted by Gasteiger charge is -2.12. The molecule has 0 amide bonds. The Morgan fingerprint density at radius 3 is 2.41 bits per heavy atom. The molecule has 86 valence electrons. The van der Waals surface area contributed by atoms with Gasteiger partial charge in [0.25, 0.3) is 0 Å². The minimum Gasteiger partial charge on any atom is -0.302 e. The molecule has 0 aliphatic heterocycles. The van der Waals surface area contributed by atoms with E-state index in [4.69, 9.17) is 11.6 Å². The zero-order chi connectivity index (χ0) is 12.3. The normalized spacial score (nSPS) is 12.1. The Kier molecular flexibility index (Phi) is 3.55. The Bertz CT molecular complexity index is 525. The topological polar surface area (TPSA) is 17.1 Å². The number of hydrogen-bond donors (Lipinski definition) is 0. The molecule has 0 N–H and O–H groups in total. The lowest BCUT2D eigenvalue weighted by Crippen LogP contribution is -2.03. The summed E-state index contributed by atoms with van der Waals surface area (Å²) in [6, 6.07) is 13.3. The Morgan fingerprint density at radius 1 is 1.12 bits per heavy atom. The molecule has 0 aromatic heterocycles. The van der Waals surface area contributed by atoms with Gasteiger partial charge in [0.2, 0.25) is 0 Å². The molecule has 0 spiro atoms. The number of halogens is 2. The smallest absolute Gasteiger partial charge is 0.131 e. The molecule has 0 fully saturated rings. The summed E-state index contributed by atoms with van der Waals surface area (Å²) < 4.78 is 12.9. The van der Waals surface area contributed by atoms with Gasteiger partial charge in [-0.2, -0.15) is 0 Å². The van der Waals surface area contributed by atoms with E-state index in [9.17, 15) is 9.18 Å². The number of hydrogen-bond acceptors (Lipinski definition) is 1. The monoisotopic (exact) mass is 248 g/mol. The van der Waals surface area contributed by atoms with Crippen molar-refractivity contribution < 1.29 is 9.18 Å². The third-order valence-corrected chi connectivity index (χ3v) is 2.92. The van der Waals surface area contributed by atoms with Crippen molar-refractivity contribution in [3.63, 3.8) is 0 Å². The highest BCUT2D eigenvalue weighted by Gasteiger charge is 2.16. The number of benzene rings is 2. The zero-order valence-electron chi connectivity index (χ0n) is 8.94. The van der Waals surface area contributed by atoms with E-state index in [1.165, 1.54) is 12.1 Å². The second kappa shape index (κ2) is 5.11. The standard InChI is InChI=1S/C14H10ClFO/c15-14-8-11(16)6-7-12(14)13(9-17)10-4-2-1-3-5-10/h1-9,13H. The van der Waals surface area contributed by atoms with Crippen molar-refractivity contribution in [2.24, 2.45) is 0 Å². The quantitative estimate of drug-likeness (QED) is 0.755. The summed E-state index contributed by atoms with van der Waals surface area (Å²) in [6.45, 7) is 0. The maximum Gasteiger partial charge on any atom is 0.131 e. The Balaban J connectivity index is 2.46. The second-order valence-electron chi connectivity index (χ2n) is 3.69. The molecule has 1 atom stereocenters. The molecule has 0 saturated heterocycles. The van der Waals surface area contributed by atoms with Crippen LogP contribution in [-0.2, 0) is 4.79 Å². The minimum atomic E-state index is -0.454. The van der Waals surface area contributed by atoms with Crippen LogP contribution in [0.5, 0.6) is 0 Å². The van der Waals surface area contributed by atoms with E-state index < -0.39 is 11.7 Å². The van der Waals surface area contributed by atoms with Crippen LogP contribution in [0, 0.1) is 5.82 Å². The van der Waals surface area contributed by atoms with Crippen molar-refractivity contribution in [1.82, 2.24) is 0 Å². The number of rotatable bonds is 3. The van der Waals surface area contributed by atoms with Crippen LogP contribution in [0.4, 0.5) is 4.39 Å². The summed E-state index contributed by atoms with van der Waals surface area (Å²) in [4.78, 5) is 11.2. The summed E-state index contributed by atoms with van der Waals surface area (Å²) in [5.74, 6) is -0.860. The van der Waals surface area contributed by atoms with Gasteiger partial charge < -0.3 is 4.79 Å². The molecule has 0 aliphatic carbocycles. The Morgan fingerprint density at radius 2 is 1.82 bits per heavy atom. The molecular weight excluding hydrogens is 239 g/mol. The third-order valence-electron chi connectivity index (χ3n) is 2.59. The van der Waals surface area contributed by atoms with Gasteiger partial charge in [0.05, 0.1) is 5.92 Å². The first-order valence-corrected chi connectivity index (χ1v) is 5.55. The van der Waals surface area contributed by atoms with E-state index in [0.717, 1.165) is 11.8 Å². The average Bonchev–Trinajstić information content (AvgIpc) is 2.34. The van der Waals surface area contributed by atoms with Crippen LogP contribution in [-0.4, -0.2) is 6.29 Å². The van der Waals surface area contributed by atoms with Crippen molar-refractivity contribution in [2.75, 3.05) is 0 Å². The van der Waals surface area contributed by atoms with Crippen LogP contribution in [0.2, 0.25) is 5.02 Å². The average molecular weight is 249 g/mol. The largest absolute Gasteiger partial charge is 0.302 e. The fraction of sp³-hybridized carbons (Fsp3) is 0.0714. The van der Waals surface area contributed by atoms with Gasteiger partial charge in [0.1, 0.15) is 12.1 Å². The lowest BCUT2D eigenvalue weighted by molar-refractivity contribution is -0.108. The van der Waals surface area contributed by atoms with Crippen LogP contribution in [0.25, 0.3) is 0 Å². The van der Waals surface area contributed by atoms with Crippen LogP contribution < -0.4 is 0 Å². The second-order valence-corrected chi connectivity index (χ2v) is 4.10. The van der Waals surface area contributed by atoms with Gasteiger partial charge in [-0.05, 0) is 23.3 Å². The SMILES string of the molecule is O=CC(c1ccccc1)c1ccc(F)cc1Cl. The predicted molar refractivity (Wildman–Crippen MR) is 65.8 cm³/mol. The third kappa shape index (κ3) is 2.53. The first kappa shape index (κ1) is 11.8. The number of aldehydes is 1. The first-order valence-electron chi connectivity index (χ1n) is 5.17. The van der Waals surface area contributed by atoms with Crippen LogP contribution in [0.3, 0.4) is 0 Å². The molecule has 2 aromatic rings. The highest BCUT2D eigenvalue weighted by atomic mass is 35.5. The molecule has 3 heteroatoms. The lowest BCUT2D eigenvalue weighted by atomic mass is 9.93. The van der Waals surface area contributed by atoms with E-state index in [0.29, 0.717) is 5.56 Å². The molecule has 0 heterocycles. The van der Waals surface area contributed by atoms with Crippen molar-refractivity contribution in [3.8, 4) is 0 Å². The van der Waals surface area contributed by atoms with E-state index in [1.807, 2.05) is 30.3 Å². The first-order chi connectivity index (χ1) is 8.22. The highest BCUT2D eigenvalue weighted by molar-refractivity contribution is 6.31. The minimum absolute atomic E-state index is 0.269. The fourth-order valence-electron chi connectivity index (χ4n) is 1.75. The van der Waals surface area contributed by atoms with Gasteiger partial charge in [-0.25, -0.2) is 4.39 Å². The molecule has 2 rings (SSSR count). The molecule has 1 unspecified atom stereocenters. The number of carbonyl (C=O) groups is 1. The van der Waals surface area contributed by atoms with Gasteiger partial charge in [-0.15, -0.1) is 0 Å². The summed E-state index contributed by atoms with van der Waals surface area (Å²) in [6.07, 6.45) is 0.814. The number of carbonyl (C=O) groups excluding carboxylic acids is 1. The van der Waals surface area contributed by atoms with Gasteiger partial charge in [-0.1, -0.05) is 48.0 Å². The highest BCUT2D eigenvalue weighted by Crippen LogP contribution is 2.29. The summed E-state index contributed by atoms with van der Waals surface area (Å²) in [5.41, 5.74) is 1.46. The summed E-state index contributed by atoms with van der Waals surface area (Å²) in [5, 5.41) is 0.269. The molecule has 0 saturated carbocycles. The van der Waals surface area contributed by atoms with E-state index >= 15 is 0 Å². The van der Waals surface area contributed by atoms with Crippen molar-refractivity contribution in [3.05, 3.63) is 70.5 Å². The van der Waals surface area contributed by atoms with Crippen molar-refractivity contribution in [1.29, 1.82) is 0 Å². The summed E-state index contributed by atoms with van der Waals surface area (Å²) >= 11 is 5.95. The maximum atomic E-state index is 12.9. The zero-order valence-corrected chi connectivity index (χ0v) is 9.69. The molecule has 0 radical (unpaired) electrons. The predicted octanol–water partition coefficient (Wildman–Crippen LogP) is 3.81. The molecule has 0 aliphatic rings. The van der Waals surface area contributed by atoms with Gasteiger partial charge in [0, 0.05) is 5.02 Å². The Labute approximate surface area is 104 Å². The maximum absolute atomic E-state index is 12.9. The summed E-state index contributed by atoms with van der Waals surface area (Å²) in [7, 11) is 0. The van der Waals surface area contributed by atoms with Crippen LogP contribution in [0.1, 0.15) is 17.0 Å². The van der Waals surface area contributed by atoms with Gasteiger partial charge in [0.15, 0.2) is 0 Å². The molecule has 2 aromatic carbocycles. The van der Waals surface area contributed by atoms with E-state index in [2.05, 4.69) is 0 Å². The van der Waals surface area contributed by atoms with Crippen molar-refractivity contribution in [2.45, 2.75) is 5.92 Å². The van der Waals surface area contributed by atoms with Gasteiger partial charge >= 0.3 is 0 Å². The van der Waals surface area contributed by atoms with E-state index in [-0.39, 0.29) is 5.02 Å². The van der Waals surface area contributed by atoms with Crippen molar-refractivity contribution >= 4 is 17.9 Å². The van der Waals surface area contributed by atoms with Gasteiger partial charge in [-0.3, -0.25) is 0 Å². The molecule has 0 bridgehead atoms.